The molecule has 4 heterocycles. The number of aromatic nitrogens is 4. The number of benzene rings is 8. The van der Waals surface area contributed by atoms with Crippen molar-refractivity contribution < 1.29 is 0 Å². The summed E-state index contributed by atoms with van der Waals surface area (Å²) in [5, 5.41) is 4.45. The standard InChI is InChI=1S/C76H68N4/c1-7-9-41-75(3,4)58-39-44-77-71(49-58)53-33-29-51(30-34-53)60-20-11-13-22-62(60)55-46-56(63-23-14-12-21-61(63)52-31-35-54(36-32-52)72-50-59(40-45-78-72)76(5,6)42-10-8-2)48-57(47-55)64-24-15-17-26-66(64)70-38-37-69-73-67(28-19-43-79-73)65-25-16-18-27-68(65)74(69)80-70/h11-40,43-50H,7-10,41-42H2,1-6H3. The van der Waals surface area contributed by atoms with E-state index in [1.54, 1.807) is 0 Å². The van der Waals surface area contributed by atoms with Gasteiger partial charge in [-0.3, -0.25) is 15.0 Å². The highest BCUT2D eigenvalue weighted by Gasteiger charge is 2.23. The first-order chi connectivity index (χ1) is 39.1. The molecule has 0 spiro atoms. The highest BCUT2D eigenvalue weighted by Crippen LogP contribution is 2.44. The molecule has 12 rings (SSSR count). The van der Waals surface area contributed by atoms with Crippen LogP contribution in [0.25, 0.3) is 122 Å². The summed E-state index contributed by atoms with van der Waals surface area (Å²) in [6.45, 7) is 13.9. The molecule has 0 amide bonds. The van der Waals surface area contributed by atoms with Crippen molar-refractivity contribution in [3.05, 3.63) is 242 Å². The molecule has 4 aromatic heterocycles. The average Bonchev–Trinajstić information content (AvgIpc) is 3.64. The van der Waals surface area contributed by atoms with Crippen LogP contribution in [0.5, 0.6) is 0 Å². The first-order valence-corrected chi connectivity index (χ1v) is 28.7. The highest BCUT2D eigenvalue weighted by atomic mass is 14.7. The lowest BCUT2D eigenvalue weighted by molar-refractivity contribution is 0.457. The van der Waals surface area contributed by atoms with Gasteiger partial charge < -0.3 is 0 Å². The minimum absolute atomic E-state index is 0.0788. The van der Waals surface area contributed by atoms with Crippen LogP contribution in [0.1, 0.15) is 91.2 Å². The third-order valence-electron chi connectivity index (χ3n) is 16.7. The fourth-order valence-corrected chi connectivity index (χ4v) is 12.0. The number of hydrogen-bond donors (Lipinski definition) is 0. The molecule has 392 valence electrons. The zero-order chi connectivity index (χ0) is 54.8. The SMILES string of the molecule is CCCCC(C)(C)c1ccnc(-c2ccc(-c3ccccc3-c3cc(-c4ccccc4-c4ccc(-c5cc(C(C)(C)CCCC)ccn5)cc4)cc(-c4ccccc4-c4ccc5c6ncccc6c6ccccc6c5n4)c3)cc2)c1. The summed E-state index contributed by atoms with van der Waals surface area (Å²) in [6.07, 6.45) is 12.9. The van der Waals surface area contributed by atoms with Crippen molar-refractivity contribution in [3.8, 4) is 89.4 Å². The van der Waals surface area contributed by atoms with Gasteiger partial charge in [-0.2, -0.15) is 0 Å². The van der Waals surface area contributed by atoms with E-state index >= 15 is 0 Å². The van der Waals surface area contributed by atoms with Gasteiger partial charge in [0.25, 0.3) is 0 Å². The molecule has 4 heteroatoms. The molecule has 0 aliphatic heterocycles. The predicted octanol–water partition coefficient (Wildman–Crippen LogP) is 21.0. The van der Waals surface area contributed by atoms with Crippen molar-refractivity contribution in [2.24, 2.45) is 0 Å². The summed E-state index contributed by atoms with van der Waals surface area (Å²) in [6, 6.07) is 77.7. The molecule has 0 atom stereocenters. The Morgan fingerprint density at radius 3 is 1.19 bits per heavy atom. The minimum Gasteiger partial charge on any atom is -0.256 e. The van der Waals surface area contributed by atoms with E-state index < -0.39 is 0 Å². The van der Waals surface area contributed by atoms with Gasteiger partial charge in [-0.25, -0.2) is 4.98 Å². The monoisotopic (exact) mass is 1040 g/mol. The van der Waals surface area contributed by atoms with E-state index in [-0.39, 0.29) is 10.8 Å². The molecule has 80 heavy (non-hydrogen) atoms. The third kappa shape index (κ3) is 10.2. The molecule has 0 saturated carbocycles. The quantitative estimate of drug-likeness (QED) is 0.0905. The van der Waals surface area contributed by atoms with Gasteiger partial charge in [0.05, 0.1) is 28.1 Å². The Hall–Kier alpha value is -8.86. The van der Waals surface area contributed by atoms with Crippen molar-refractivity contribution in [3.63, 3.8) is 0 Å². The molecule has 8 aromatic carbocycles. The van der Waals surface area contributed by atoms with E-state index in [1.807, 2.05) is 24.7 Å². The van der Waals surface area contributed by atoms with Gasteiger partial charge in [0.15, 0.2) is 0 Å². The maximum Gasteiger partial charge on any atom is 0.0809 e. The summed E-state index contributed by atoms with van der Waals surface area (Å²) in [5.41, 5.74) is 22.3. The zero-order valence-electron chi connectivity index (χ0n) is 47.0. The lowest BCUT2D eigenvalue weighted by atomic mass is 9.80. The maximum atomic E-state index is 5.54. The number of pyridine rings is 4. The van der Waals surface area contributed by atoms with Gasteiger partial charge in [0.2, 0.25) is 0 Å². The van der Waals surface area contributed by atoms with E-state index in [0.29, 0.717) is 0 Å². The first-order valence-electron chi connectivity index (χ1n) is 28.7. The van der Waals surface area contributed by atoms with Crippen molar-refractivity contribution >= 4 is 32.6 Å². The molecule has 0 aliphatic rings. The van der Waals surface area contributed by atoms with Crippen LogP contribution in [0, 0.1) is 0 Å². The van der Waals surface area contributed by atoms with E-state index in [0.717, 1.165) is 135 Å². The molecule has 0 radical (unpaired) electrons. The largest absolute Gasteiger partial charge is 0.256 e. The number of hydrogen-bond acceptors (Lipinski definition) is 4. The molecule has 0 aliphatic carbocycles. The van der Waals surface area contributed by atoms with Crippen LogP contribution in [-0.2, 0) is 10.8 Å². The summed E-state index contributed by atoms with van der Waals surface area (Å²) >= 11 is 0. The Bertz CT molecular complexity index is 4000. The van der Waals surface area contributed by atoms with E-state index in [4.69, 9.17) is 19.9 Å². The van der Waals surface area contributed by atoms with Crippen molar-refractivity contribution in [1.82, 2.24) is 19.9 Å². The average molecular weight is 1040 g/mol. The van der Waals surface area contributed by atoms with Crippen LogP contribution in [0.15, 0.2) is 231 Å². The molecule has 0 unspecified atom stereocenters. The number of rotatable bonds is 16. The Kier molecular flexibility index (Phi) is 14.3. The topological polar surface area (TPSA) is 51.6 Å². The molecule has 0 saturated heterocycles. The normalized spacial score (nSPS) is 11.9. The second-order valence-corrected chi connectivity index (χ2v) is 23.0. The Balaban J connectivity index is 0.984. The molecule has 0 fully saturated rings. The highest BCUT2D eigenvalue weighted by molar-refractivity contribution is 6.23. The van der Waals surface area contributed by atoms with E-state index in [2.05, 4.69) is 248 Å². The van der Waals surface area contributed by atoms with Crippen LogP contribution >= 0.6 is 0 Å². The lowest BCUT2D eigenvalue weighted by Crippen LogP contribution is -2.17. The second kappa shape index (κ2) is 22.1. The lowest BCUT2D eigenvalue weighted by Gasteiger charge is -2.25. The van der Waals surface area contributed by atoms with Crippen LogP contribution < -0.4 is 0 Å². The van der Waals surface area contributed by atoms with Gasteiger partial charge in [0.1, 0.15) is 0 Å². The van der Waals surface area contributed by atoms with Gasteiger partial charge in [-0.1, -0.05) is 219 Å². The number of unbranched alkanes of at least 4 members (excludes halogenated alkanes) is 2. The first kappa shape index (κ1) is 51.9. The number of nitrogens with zero attached hydrogens (tertiary/aromatic N) is 4. The summed E-state index contributed by atoms with van der Waals surface area (Å²) < 4.78 is 0. The summed E-state index contributed by atoms with van der Waals surface area (Å²) in [7, 11) is 0. The maximum absolute atomic E-state index is 5.54. The minimum atomic E-state index is 0.0788. The molecular formula is C76H68N4. The third-order valence-corrected chi connectivity index (χ3v) is 16.7. The molecule has 0 N–H and O–H groups in total. The Labute approximate surface area is 472 Å². The molecule has 0 bridgehead atoms. The van der Waals surface area contributed by atoms with Crippen molar-refractivity contribution in [2.45, 2.75) is 90.9 Å². The van der Waals surface area contributed by atoms with Crippen molar-refractivity contribution in [2.75, 3.05) is 0 Å². The van der Waals surface area contributed by atoms with Crippen LogP contribution in [-0.4, -0.2) is 19.9 Å². The van der Waals surface area contributed by atoms with Gasteiger partial charge in [-0.15, -0.1) is 0 Å². The van der Waals surface area contributed by atoms with E-state index in [9.17, 15) is 0 Å². The zero-order valence-corrected chi connectivity index (χ0v) is 47.0. The van der Waals surface area contributed by atoms with Gasteiger partial charge in [-0.05, 0) is 156 Å². The van der Waals surface area contributed by atoms with Gasteiger partial charge in [0, 0.05) is 51.4 Å². The molecule has 12 aromatic rings. The van der Waals surface area contributed by atoms with Crippen molar-refractivity contribution in [1.29, 1.82) is 0 Å². The fourth-order valence-electron chi connectivity index (χ4n) is 12.0. The Morgan fingerprint density at radius 1 is 0.300 bits per heavy atom. The predicted molar refractivity (Wildman–Crippen MR) is 339 cm³/mol. The summed E-state index contributed by atoms with van der Waals surface area (Å²) in [4.78, 5) is 20.2. The van der Waals surface area contributed by atoms with Crippen LogP contribution in [0.2, 0.25) is 0 Å². The fraction of sp³-hybridized carbons (Fsp3) is 0.184. The number of fused-ring (bicyclic) bond motifs is 6. The van der Waals surface area contributed by atoms with Crippen LogP contribution in [0.3, 0.4) is 0 Å². The van der Waals surface area contributed by atoms with Crippen LogP contribution in [0.4, 0.5) is 0 Å². The van der Waals surface area contributed by atoms with Gasteiger partial charge >= 0.3 is 0 Å². The molecular weight excluding hydrogens is 969 g/mol. The summed E-state index contributed by atoms with van der Waals surface area (Å²) in [5.74, 6) is 0. The smallest absolute Gasteiger partial charge is 0.0809 e. The van der Waals surface area contributed by atoms with E-state index in [1.165, 1.54) is 36.8 Å². The Morgan fingerprint density at radius 2 is 0.700 bits per heavy atom. The molecule has 4 nitrogen and oxygen atoms in total. The second-order valence-electron chi connectivity index (χ2n) is 23.0.